The monoisotopic (exact) mass is 506 g/mol. The number of benzene rings is 2. The van der Waals surface area contributed by atoms with Gasteiger partial charge in [-0.05, 0) is 61.2 Å². The number of rotatable bonds is 3. The number of halogens is 3. The molecule has 2 aromatic heterocycles. The quantitative estimate of drug-likeness (QED) is 0.338. The standard InChI is InChI=1S/C27H21ClF2N4O2/c1-13(24-33-21-9-7-17(28)11-22(21)34-24)32-25(35)16-5-3-14-2-4-15-6-8-18-23(15)20(12-31-26(18)36)27(29,30)19(14)10-16/h3,5-13,15H,2,4H2,1H3,(H,31,36)(H,32,35)(H,33,34)/t13-,15?/m0/s1. The lowest BCUT2D eigenvalue weighted by molar-refractivity contribution is 0.0394. The number of carbonyl (C=O) groups excluding carboxylic acids is 1. The summed E-state index contributed by atoms with van der Waals surface area (Å²) in [5.41, 5.74) is 1.89. The lowest BCUT2D eigenvalue weighted by Crippen LogP contribution is -2.29. The highest BCUT2D eigenvalue weighted by molar-refractivity contribution is 6.31. The predicted octanol–water partition coefficient (Wildman–Crippen LogP) is 5.59. The fourth-order valence-electron chi connectivity index (χ4n) is 5.17. The maximum Gasteiger partial charge on any atom is 0.300 e. The molecule has 2 aromatic carbocycles. The van der Waals surface area contributed by atoms with Crippen LogP contribution in [0.4, 0.5) is 8.78 Å². The maximum absolute atomic E-state index is 16.0. The van der Waals surface area contributed by atoms with Crippen molar-refractivity contribution in [2.24, 2.45) is 0 Å². The molecular weight excluding hydrogens is 486 g/mol. The van der Waals surface area contributed by atoms with Gasteiger partial charge in [0.1, 0.15) is 5.82 Å². The molecule has 0 saturated heterocycles. The zero-order valence-corrected chi connectivity index (χ0v) is 19.9. The highest BCUT2D eigenvalue weighted by Crippen LogP contribution is 2.47. The van der Waals surface area contributed by atoms with Crippen molar-refractivity contribution in [3.05, 3.63) is 103 Å². The van der Waals surface area contributed by atoms with Crippen molar-refractivity contribution in [1.29, 1.82) is 0 Å². The Morgan fingerprint density at radius 2 is 2.06 bits per heavy atom. The summed E-state index contributed by atoms with van der Waals surface area (Å²) in [5.74, 6) is -3.58. The van der Waals surface area contributed by atoms with Gasteiger partial charge in [-0.2, -0.15) is 8.78 Å². The van der Waals surface area contributed by atoms with Gasteiger partial charge in [0.15, 0.2) is 0 Å². The van der Waals surface area contributed by atoms with Crippen LogP contribution in [0.2, 0.25) is 5.02 Å². The van der Waals surface area contributed by atoms with Gasteiger partial charge in [-0.15, -0.1) is 0 Å². The zero-order chi connectivity index (χ0) is 25.2. The van der Waals surface area contributed by atoms with Crippen molar-refractivity contribution in [1.82, 2.24) is 20.3 Å². The van der Waals surface area contributed by atoms with E-state index in [4.69, 9.17) is 11.6 Å². The number of imidazole rings is 1. The van der Waals surface area contributed by atoms with E-state index in [9.17, 15) is 9.59 Å². The summed E-state index contributed by atoms with van der Waals surface area (Å²) in [6.07, 6.45) is 5.56. The van der Waals surface area contributed by atoms with E-state index in [0.29, 0.717) is 40.3 Å². The van der Waals surface area contributed by atoms with Gasteiger partial charge in [-0.1, -0.05) is 29.8 Å². The maximum atomic E-state index is 16.0. The molecule has 0 radical (unpaired) electrons. The number of hydrogen-bond donors (Lipinski definition) is 3. The summed E-state index contributed by atoms with van der Waals surface area (Å²) >= 11 is 6.03. The van der Waals surface area contributed by atoms with Gasteiger partial charge in [0.25, 0.3) is 17.4 Å². The summed E-state index contributed by atoms with van der Waals surface area (Å²) in [6, 6.07) is 9.18. The van der Waals surface area contributed by atoms with Gasteiger partial charge >= 0.3 is 0 Å². The van der Waals surface area contributed by atoms with Crippen LogP contribution in [0.5, 0.6) is 0 Å². The molecule has 2 atom stereocenters. The predicted molar refractivity (Wildman–Crippen MR) is 134 cm³/mol. The van der Waals surface area contributed by atoms with E-state index in [1.807, 2.05) is 6.08 Å². The molecule has 2 aliphatic carbocycles. The van der Waals surface area contributed by atoms with Crippen molar-refractivity contribution in [2.45, 2.75) is 37.6 Å². The topological polar surface area (TPSA) is 90.6 Å². The summed E-state index contributed by atoms with van der Waals surface area (Å²) in [4.78, 5) is 35.4. The molecule has 6 rings (SSSR count). The molecule has 182 valence electrons. The minimum Gasteiger partial charge on any atom is -0.342 e. The fourth-order valence-corrected chi connectivity index (χ4v) is 5.35. The Balaban J connectivity index is 1.33. The van der Waals surface area contributed by atoms with Crippen LogP contribution in [0, 0.1) is 0 Å². The number of carbonyl (C=O) groups is 1. The highest BCUT2D eigenvalue weighted by atomic mass is 35.5. The van der Waals surface area contributed by atoms with Gasteiger partial charge in [-0.25, -0.2) is 4.98 Å². The fraction of sp³-hybridized carbons (Fsp3) is 0.222. The number of pyridine rings is 1. The number of amides is 1. The third-order valence-corrected chi connectivity index (χ3v) is 7.27. The first-order chi connectivity index (χ1) is 17.2. The van der Waals surface area contributed by atoms with Gasteiger partial charge in [0, 0.05) is 39.4 Å². The van der Waals surface area contributed by atoms with Crippen molar-refractivity contribution in [3.8, 4) is 0 Å². The molecule has 0 fully saturated rings. The second-order valence-electron chi connectivity index (χ2n) is 9.29. The molecule has 6 nitrogen and oxygen atoms in total. The average molecular weight is 507 g/mol. The van der Waals surface area contributed by atoms with E-state index in [2.05, 4.69) is 20.3 Å². The molecule has 36 heavy (non-hydrogen) atoms. The van der Waals surface area contributed by atoms with E-state index in [1.54, 1.807) is 43.3 Å². The third kappa shape index (κ3) is 3.55. The number of fused-ring (bicyclic) bond motifs is 2. The molecule has 1 amide bonds. The first-order valence-electron chi connectivity index (χ1n) is 11.6. The number of aromatic nitrogens is 3. The van der Waals surface area contributed by atoms with Crippen LogP contribution in [-0.2, 0) is 12.3 Å². The van der Waals surface area contributed by atoms with Crippen LogP contribution in [0.15, 0.2) is 53.5 Å². The van der Waals surface area contributed by atoms with E-state index in [-0.39, 0.29) is 33.7 Å². The summed E-state index contributed by atoms with van der Waals surface area (Å²) < 4.78 is 31.9. The minimum atomic E-state index is -3.38. The summed E-state index contributed by atoms with van der Waals surface area (Å²) in [6.45, 7) is 1.76. The van der Waals surface area contributed by atoms with Crippen LogP contribution in [0.25, 0.3) is 17.1 Å². The molecule has 2 heterocycles. The first kappa shape index (κ1) is 22.7. The second-order valence-corrected chi connectivity index (χ2v) is 9.72. The van der Waals surface area contributed by atoms with Crippen molar-refractivity contribution in [2.75, 3.05) is 0 Å². The molecule has 1 unspecified atom stereocenters. The van der Waals surface area contributed by atoms with Gasteiger partial charge < -0.3 is 15.3 Å². The Kier molecular flexibility index (Phi) is 5.12. The molecule has 2 aliphatic rings. The number of aromatic amines is 2. The molecule has 0 aliphatic heterocycles. The van der Waals surface area contributed by atoms with Crippen molar-refractivity contribution in [3.63, 3.8) is 0 Å². The Morgan fingerprint density at radius 1 is 1.22 bits per heavy atom. The largest absolute Gasteiger partial charge is 0.342 e. The summed E-state index contributed by atoms with van der Waals surface area (Å²) in [7, 11) is 0. The lowest BCUT2D eigenvalue weighted by atomic mass is 9.81. The minimum absolute atomic E-state index is 0.121. The molecule has 0 bridgehead atoms. The number of hydrogen-bond acceptors (Lipinski definition) is 3. The van der Waals surface area contributed by atoms with Crippen LogP contribution >= 0.6 is 11.6 Å². The van der Waals surface area contributed by atoms with E-state index in [0.717, 1.165) is 11.7 Å². The van der Waals surface area contributed by atoms with Crippen molar-refractivity contribution >= 4 is 34.6 Å². The Morgan fingerprint density at radius 3 is 2.89 bits per heavy atom. The molecule has 0 spiro atoms. The van der Waals surface area contributed by atoms with E-state index in [1.165, 1.54) is 6.07 Å². The number of alkyl halides is 2. The number of allylic oxidation sites excluding steroid dienone is 1. The third-order valence-electron chi connectivity index (χ3n) is 7.03. The SMILES string of the molecule is C[C@H](NC(=O)c1ccc2c(c1)C(F)(F)c1c[nH]c(=O)c3c1C(C=C3)CC2)c1nc2ccc(Cl)cc2[nH]1. The van der Waals surface area contributed by atoms with Gasteiger partial charge in [0.05, 0.1) is 17.1 Å². The van der Waals surface area contributed by atoms with Gasteiger partial charge in [0.2, 0.25) is 0 Å². The summed E-state index contributed by atoms with van der Waals surface area (Å²) in [5, 5.41) is 3.40. The Labute approximate surface area is 209 Å². The molecule has 9 heteroatoms. The van der Waals surface area contributed by atoms with E-state index >= 15 is 8.78 Å². The van der Waals surface area contributed by atoms with E-state index < -0.39 is 17.9 Å². The number of nitrogens with one attached hydrogen (secondary N) is 3. The molecular formula is C27H21ClF2N4O2. The van der Waals surface area contributed by atoms with Crippen LogP contribution < -0.4 is 10.9 Å². The molecule has 4 aromatic rings. The van der Waals surface area contributed by atoms with Crippen molar-refractivity contribution < 1.29 is 13.6 Å². The smallest absolute Gasteiger partial charge is 0.300 e. The second kappa shape index (κ2) is 8.13. The highest BCUT2D eigenvalue weighted by Gasteiger charge is 2.43. The molecule has 3 N–H and O–H groups in total. The lowest BCUT2D eigenvalue weighted by Gasteiger charge is -2.28. The van der Waals surface area contributed by atoms with Crippen LogP contribution in [0.1, 0.15) is 69.3 Å². The number of H-pyrrole nitrogens is 2. The Bertz CT molecular complexity index is 1640. The zero-order valence-electron chi connectivity index (χ0n) is 19.2. The number of aryl methyl sites for hydroxylation is 1. The first-order valence-corrected chi connectivity index (χ1v) is 12.0. The van der Waals surface area contributed by atoms with Crippen LogP contribution in [0.3, 0.4) is 0 Å². The van der Waals surface area contributed by atoms with Gasteiger partial charge in [-0.3, -0.25) is 9.59 Å². The normalized spacial score (nSPS) is 18.3. The average Bonchev–Trinajstić information content (AvgIpc) is 3.46. The number of nitrogens with zero attached hydrogens (tertiary/aromatic N) is 1. The Hall–Kier alpha value is -3.78. The van der Waals surface area contributed by atoms with Crippen LogP contribution in [-0.4, -0.2) is 20.9 Å². The molecule has 0 saturated carbocycles.